The van der Waals surface area contributed by atoms with Crippen LogP contribution in [0.3, 0.4) is 0 Å². The van der Waals surface area contributed by atoms with Gasteiger partial charge >= 0.3 is 0 Å². The molecule has 23 heavy (non-hydrogen) atoms. The van der Waals surface area contributed by atoms with E-state index in [0.29, 0.717) is 0 Å². The predicted octanol–water partition coefficient (Wildman–Crippen LogP) is 7.02. The lowest BCUT2D eigenvalue weighted by Gasteiger charge is -2.26. The maximum atomic E-state index is 2.31. The van der Waals surface area contributed by atoms with Gasteiger partial charge in [-0.3, -0.25) is 0 Å². The molecule has 0 bridgehead atoms. The quantitative estimate of drug-likeness (QED) is 0.472. The van der Waals surface area contributed by atoms with Gasteiger partial charge in [-0.05, 0) is 59.7 Å². The van der Waals surface area contributed by atoms with E-state index in [1.807, 2.05) is 23.5 Å². The van der Waals surface area contributed by atoms with Gasteiger partial charge in [-0.25, -0.2) is 0 Å². The van der Waals surface area contributed by atoms with E-state index in [1.54, 1.807) is 0 Å². The van der Waals surface area contributed by atoms with E-state index in [4.69, 9.17) is 0 Å². The minimum atomic E-state index is 0.0436. The van der Waals surface area contributed by atoms with E-state index in [9.17, 15) is 0 Å². The van der Waals surface area contributed by atoms with Gasteiger partial charge in [0.15, 0.2) is 0 Å². The molecular weight excluding hydrogens is 316 g/mol. The van der Waals surface area contributed by atoms with E-state index < -0.39 is 0 Å². The average molecular weight is 345 g/mol. The van der Waals surface area contributed by atoms with Gasteiger partial charge in [-0.1, -0.05) is 52.0 Å². The molecule has 0 aromatic heterocycles. The number of hydrogen-bond acceptors (Lipinski definition) is 2. The summed E-state index contributed by atoms with van der Waals surface area (Å²) in [6.07, 6.45) is 2.45. The van der Waals surface area contributed by atoms with Gasteiger partial charge in [0, 0.05) is 15.2 Å². The minimum absolute atomic E-state index is 0.0436. The largest absolute Gasteiger partial charge is 0.126 e. The van der Waals surface area contributed by atoms with Crippen LogP contribution in [0, 0.1) is 0 Å². The minimum Gasteiger partial charge on any atom is -0.126 e. The molecule has 0 aliphatic heterocycles. The molecule has 0 N–H and O–H groups in total. The van der Waals surface area contributed by atoms with Gasteiger partial charge in [-0.2, -0.15) is 0 Å². The molecule has 2 heteroatoms. The monoisotopic (exact) mass is 344 g/mol. The zero-order chi connectivity index (χ0) is 16.7. The molecule has 0 aliphatic rings. The van der Waals surface area contributed by atoms with Crippen LogP contribution in [0.25, 0.3) is 0 Å². The molecule has 0 heterocycles. The van der Waals surface area contributed by atoms with Crippen molar-refractivity contribution in [3.05, 3.63) is 59.7 Å². The van der Waals surface area contributed by atoms with E-state index in [-0.39, 0.29) is 5.41 Å². The third-order valence-electron chi connectivity index (χ3n) is 4.10. The van der Waals surface area contributed by atoms with Crippen LogP contribution in [-0.4, -0.2) is 11.5 Å². The van der Waals surface area contributed by atoms with E-state index in [2.05, 4.69) is 76.2 Å². The Labute approximate surface area is 150 Å². The fourth-order valence-electron chi connectivity index (χ4n) is 2.54. The molecule has 0 saturated carbocycles. The predicted molar refractivity (Wildman–Crippen MR) is 107 cm³/mol. The first-order valence-electron chi connectivity index (χ1n) is 8.54. The van der Waals surface area contributed by atoms with Crippen LogP contribution in [0.5, 0.6) is 0 Å². The SMILES string of the molecule is CCCSc1ccc(C(C)(C)c2ccc(SCCC)cc2)cc1. The molecule has 0 atom stereocenters. The molecule has 2 aromatic carbocycles. The highest BCUT2D eigenvalue weighted by Crippen LogP contribution is 2.33. The van der Waals surface area contributed by atoms with E-state index in [0.717, 1.165) is 0 Å². The summed E-state index contributed by atoms with van der Waals surface area (Å²) >= 11 is 3.88. The summed E-state index contributed by atoms with van der Waals surface area (Å²) in [5, 5.41) is 0. The first-order chi connectivity index (χ1) is 11.1. The summed E-state index contributed by atoms with van der Waals surface area (Å²) < 4.78 is 0. The van der Waals surface area contributed by atoms with Crippen molar-refractivity contribution >= 4 is 23.5 Å². The van der Waals surface area contributed by atoms with Crippen LogP contribution in [-0.2, 0) is 5.41 Å². The average Bonchev–Trinajstić information content (AvgIpc) is 2.59. The van der Waals surface area contributed by atoms with Crippen molar-refractivity contribution in [1.29, 1.82) is 0 Å². The van der Waals surface area contributed by atoms with Crippen LogP contribution in [0.1, 0.15) is 51.7 Å². The van der Waals surface area contributed by atoms with Crippen molar-refractivity contribution in [3.8, 4) is 0 Å². The Bertz CT molecular complexity index is 529. The van der Waals surface area contributed by atoms with Crippen molar-refractivity contribution < 1.29 is 0 Å². The van der Waals surface area contributed by atoms with Gasteiger partial charge in [0.25, 0.3) is 0 Å². The standard InChI is InChI=1S/C21H28S2/c1-5-15-22-19-11-7-17(8-12-19)21(3,4)18-9-13-20(14-10-18)23-16-6-2/h7-14H,5-6,15-16H2,1-4H3. The summed E-state index contributed by atoms with van der Waals surface area (Å²) in [5.41, 5.74) is 2.81. The molecule has 0 saturated heterocycles. The Morgan fingerprint density at radius 1 is 0.652 bits per heavy atom. The third kappa shape index (κ3) is 5.06. The molecular formula is C21H28S2. The van der Waals surface area contributed by atoms with Crippen LogP contribution >= 0.6 is 23.5 Å². The topological polar surface area (TPSA) is 0 Å². The van der Waals surface area contributed by atoms with Gasteiger partial charge in [0.05, 0.1) is 0 Å². The first-order valence-corrected chi connectivity index (χ1v) is 10.5. The van der Waals surface area contributed by atoms with Crippen molar-refractivity contribution in [3.63, 3.8) is 0 Å². The maximum Gasteiger partial charge on any atom is 0.0146 e. The van der Waals surface area contributed by atoms with Gasteiger partial charge in [0.1, 0.15) is 0 Å². The molecule has 0 unspecified atom stereocenters. The molecule has 0 fully saturated rings. The highest BCUT2D eigenvalue weighted by Gasteiger charge is 2.22. The Morgan fingerprint density at radius 2 is 1.00 bits per heavy atom. The second-order valence-electron chi connectivity index (χ2n) is 6.37. The Kier molecular flexibility index (Phi) is 7.10. The first kappa shape index (κ1) is 18.5. The van der Waals surface area contributed by atoms with E-state index in [1.165, 1.54) is 45.3 Å². The van der Waals surface area contributed by atoms with Crippen molar-refractivity contribution in [2.75, 3.05) is 11.5 Å². The maximum absolute atomic E-state index is 2.31. The van der Waals surface area contributed by atoms with E-state index >= 15 is 0 Å². The molecule has 2 rings (SSSR count). The van der Waals surface area contributed by atoms with Gasteiger partial charge in [0.2, 0.25) is 0 Å². The Balaban J connectivity index is 2.13. The fraction of sp³-hybridized carbons (Fsp3) is 0.429. The number of rotatable bonds is 8. The van der Waals surface area contributed by atoms with Gasteiger partial charge < -0.3 is 0 Å². The number of hydrogen-bond donors (Lipinski definition) is 0. The Hall–Kier alpha value is -0.860. The molecule has 0 amide bonds. The summed E-state index contributed by atoms with van der Waals surface area (Å²) in [4.78, 5) is 2.75. The molecule has 0 radical (unpaired) electrons. The lowest BCUT2D eigenvalue weighted by atomic mass is 9.78. The second kappa shape index (κ2) is 8.84. The van der Waals surface area contributed by atoms with Crippen LogP contribution in [0.2, 0.25) is 0 Å². The zero-order valence-electron chi connectivity index (χ0n) is 14.8. The number of thioether (sulfide) groups is 2. The molecule has 0 aliphatic carbocycles. The second-order valence-corrected chi connectivity index (χ2v) is 8.71. The van der Waals surface area contributed by atoms with Crippen LogP contribution in [0.4, 0.5) is 0 Å². The third-order valence-corrected chi connectivity index (χ3v) is 6.53. The Morgan fingerprint density at radius 3 is 1.30 bits per heavy atom. The fourth-order valence-corrected chi connectivity index (χ4v) is 4.08. The summed E-state index contributed by atoms with van der Waals surface area (Å²) in [6.45, 7) is 9.09. The van der Waals surface area contributed by atoms with Crippen molar-refractivity contribution in [1.82, 2.24) is 0 Å². The normalized spacial score (nSPS) is 11.7. The lowest BCUT2D eigenvalue weighted by molar-refractivity contribution is 0.639. The molecule has 2 aromatic rings. The summed E-state index contributed by atoms with van der Waals surface area (Å²) in [5.74, 6) is 2.39. The highest BCUT2D eigenvalue weighted by molar-refractivity contribution is 7.99. The lowest BCUT2D eigenvalue weighted by Crippen LogP contribution is -2.18. The zero-order valence-corrected chi connectivity index (χ0v) is 16.4. The molecule has 0 nitrogen and oxygen atoms in total. The smallest absolute Gasteiger partial charge is 0.0146 e. The molecule has 124 valence electrons. The summed E-state index contributed by atoms with van der Waals surface area (Å²) in [6, 6.07) is 18.2. The van der Waals surface area contributed by atoms with Gasteiger partial charge in [-0.15, -0.1) is 23.5 Å². The highest BCUT2D eigenvalue weighted by atomic mass is 32.2. The van der Waals surface area contributed by atoms with Crippen molar-refractivity contribution in [2.45, 2.75) is 55.7 Å². The summed E-state index contributed by atoms with van der Waals surface area (Å²) in [7, 11) is 0. The molecule has 0 spiro atoms. The number of benzene rings is 2. The van der Waals surface area contributed by atoms with Crippen molar-refractivity contribution in [2.24, 2.45) is 0 Å². The van der Waals surface area contributed by atoms with Crippen LogP contribution < -0.4 is 0 Å². The van der Waals surface area contributed by atoms with Crippen LogP contribution in [0.15, 0.2) is 58.3 Å².